The number of carbonyl (C=O) groups is 1. The van der Waals surface area contributed by atoms with Crippen LogP contribution in [0.5, 0.6) is 5.75 Å². The summed E-state index contributed by atoms with van der Waals surface area (Å²) in [5.74, 6) is -2.40. The number of ether oxygens (including phenoxy) is 1. The second-order valence-corrected chi connectivity index (χ2v) is 4.60. The van der Waals surface area contributed by atoms with Crippen molar-refractivity contribution in [1.29, 1.82) is 0 Å². The molecule has 0 aliphatic rings. The predicted molar refractivity (Wildman–Crippen MR) is 70.5 cm³/mol. The van der Waals surface area contributed by atoms with Crippen LogP contribution in [-0.2, 0) is 6.18 Å². The quantitative estimate of drug-likeness (QED) is 0.795. The van der Waals surface area contributed by atoms with Gasteiger partial charge in [-0.15, -0.1) is 13.2 Å². The van der Waals surface area contributed by atoms with Crippen molar-refractivity contribution in [1.82, 2.24) is 0 Å². The summed E-state index contributed by atoms with van der Waals surface area (Å²) in [6.45, 7) is 0. The van der Waals surface area contributed by atoms with Gasteiger partial charge in [-0.05, 0) is 29.8 Å². The van der Waals surface area contributed by atoms with Crippen molar-refractivity contribution in [3.8, 4) is 16.9 Å². The standard InChI is InChI=1S/C15H8F6O3/c16-14(17,18)12-4-2-1-3-9(12)11-7-8(24-15(19,20)21)5-6-10(11)13(22)23/h1-7H,(H,22,23). The van der Waals surface area contributed by atoms with Crippen molar-refractivity contribution >= 4 is 5.97 Å². The summed E-state index contributed by atoms with van der Waals surface area (Å²) in [6.07, 6.45) is -9.88. The molecule has 128 valence electrons. The number of halogens is 6. The molecule has 3 nitrogen and oxygen atoms in total. The van der Waals surface area contributed by atoms with E-state index in [1.807, 2.05) is 0 Å². The maximum atomic E-state index is 13.1. The molecule has 1 N–H and O–H groups in total. The maximum absolute atomic E-state index is 13.1. The number of rotatable bonds is 3. The highest BCUT2D eigenvalue weighted by Gasteiger charge is 2.35. The molecule has 0 atom stereocenters. The minimum Gasteiger partial charge on any atom is -0.478 e. The molecular weight excluding hydrogens is 342 g/mol. The highest BCUT2D eigenvalue weighted by Crippen LogP contribution is 2.39. The van der Waals surface area contributed by atoms with E-state index in [1.54, 1.807) is 0 Å². The number of aromatic carboxylic acids is 1. The molecule has 2 rings (SSSR count). The first kappa shape index (κ1) is 17.6. The lowest BCUT2D eigenvalue weighted by molar-refractivity contribution is -0.274. The lowest BCUT2D eigenvalue weighted by Crippen LogP contribution is -2.17. The molecule has 0 aliphatic carbocycles. The largest absolute Gasteiger partial charge is 0.573 e. The normalized spacial score (nSPS) is 12.1. The molecule has 0 bridgehead atoms. The van der Waals surface area contributed by atoms with Gasteiger partial charge >= 0.3 is 18.5 Å². The Morgan fingerprint density at radius 2 is 1.54 bits per heavy atom. The third-order valence-corrected chi connectivity index (χ3v) is 2.98. The maximum Gasteiger partial charge on any atom is 0.573 e. The molecule has 0 heterocycles. The Kier molecular flexibility index (Phi) is 4.46. The molecule has 0 aliphatic heterocycles. The summed E-state index contributed by atoms with van der Waals surface area (Å²) >= 11 is 0. The van der Waals surface area contributed by atoms with Gasteiger partial charge in [0.15, 0.2) is 0 Å². The van der Waals surface area contributed by atoms with E-state index < -0.39 is 46.5 Å². The first-order chi connectivity index (χ1) is 11.0. The average molecular weight is 350 g/mol. The van der Waals surface area contributed by atoms with E-state index in [2.05, 4.69) is 4.74 Å². The second kappa shape index (κ2) is 6.06. The van der Waals surface area contributed by atoms with Crippen LogP contribution in [0.2, 0.25) is 0 Å². The predicted octanol–water partition coefficient (Wildman–Crippen LogP) is 4.97. The van der Waals surface area contributed by atoms with E-state index >= 15 is 0 Å². The van der Waals surface area contributed by atoms with Crippen LogP contribution in [0.3, 0.4) is 0 Å². The zero-order valence-corrected chi connectivity index (χ0v) is 11.6. The number of hydrogen-bond acceptors (Lipinski definition) is 2. The highest BCUT2D eigenvalue weighted by molar-refractivity contribution is 5.97. The second-order valence-electron chi connectivity index (χ2n) is 4.60. The summed E-state index contributed by atoms with van der Waals surface area (Å²) in [4.78, 5) is 11.2. The van der Waals surface area contributed by atoms with E-state index in [4.69, 9.17) is 5.11 Å². The van der Waals surface area contributed by atoms with Crippen LogP contribution in [0.15, 0.2) is 42.5 Å². The van der Waals surface area contributed by atoms with Gasteiger partial charge < -0.3 is 9.84 Å². The fourth-order valence-electron chi connectivity index (χ4n) is 2.09. The molecule has 0 saturated heterocycles. The summed E-state index contributed by atoms with van der Waals surface area (Å²) < 4.78 is 79.7. The van der Waals surface area contributed by atoms with Gasteiger partial charge in [-0.2, -0.15) is 13.2 Å². The Balaban J connectivity index is 2.68. The van der Waals surface area contributed by atoms with Crippen LogP contribution >= 0.6 is 0 Å². The van der Waals surface area contributed by atoms with Gasteiger partial charge in [0.1, 0.15) is 5.75 Å². The van der Waals surface area contributed by atoms with Gasteiger partial charge in [0.2, 0.25) is 0 Å². The Labute approximate surface area is 131 Å². The first-order valence-corrected chi connectivity index (χ1v) is 6.29. The lowest BCUT2D eigenvalue weighted by atomic mass is 9.95. The van der Waals surface area contributed by atoms with E-state index in [-0.39, 0.29) is 0 Å². The zero-order valence-electron chi connectivity index (χ0n) is 11.6. The summed E-state index contributed by atoms with van der Waals surface area (Å²) in [6, 6.07) is 6.07. The summed E-state index contributed by atoms with van der Waals surface area (Å²) in [7, 11) is 0. The summed E-state index contributed by atoms with van der Waals surface area (Å²) in [5, 5.41) is 9.10. The number of benzene rings is 2. The minimum absolute atomic E-state index is 0.530. The van der Waals surface area contributed by atoms with Crippen LogP contribution in [0.25, 0.3) is 11.1 Å². The average Bonchev–Trinajstić information content (AvgIpc) is 2.44. The molecule has 24 heavy (non-hydrogen) atoms. The van der Waals surface area contributed by atoms with Crippen molar-refractivity contribution in [3.63, 3.8) is 0 Å². The molecule has 0 radical (unpaired) electrons. The molecule has 9 heteroatoms. The number of carboxylic acid groups (broad SMARTS) is 1. The van der Waals surface area contributed by atoms with Gasteiger partial charge in [-0.3, -0.25) is 0 Å². The summed E-state index contributed by atoms with van der Waals surface area (Å²) in [5.41, 5.74) is -2.84. The van der Waals surface area contributed by atoms with E-state index in [9.17, 15) is 31.1 Å². The third kappa shape index (κ3) is 3.98. The number of hydrogen-bond donors (Lipinski definition) is 1. The van der Waals surface area contributed by atoms with E-state index in [1.165, 1.54) is 6.07 Å². The Hall–Kier alpha value is -2.71. The topological polar surface area (TPSA) is 46.5 Å². The SMILES string of the molecule is O=C(O)c1ccc(OC(F)(F)F)cc1-c1ccccc1C(F)(F)F. The number of carboxylic acids is 1. The van der Waals surface area contributed by atoms with E-state index in [0.717, 1.165) is 24.3 Å². The van der Waals surface area contributed by atoms with Crippen molar-refractivity contribution < 1.29 is 41.0 Å². The van der Waals surface area contributed by atoms with Crippen LogP contribution in [0, 0.1) is 0 Å². The Morgan fingerprint density at radius 3 is 2.08 bits per heavy atom. The smallest absolute Gasteiger partial charge is 0.478 e. The molecule has 2 aromatic carbocycles. The van der Waals surface area contributed by atoms with Crippen LogP contribution in [0.1, 0.15) is 15.9 Å². The molecule has 0 saturated carbocycles. The molecule has 0 unspecified atom stereocenters. The zero-order chi connectivity index (χ0) is 18.1. The fourth-order valence-corrected chi connectivity index (χ4v) is 2.09. The third-order valence-electron chi connectivity index (χ3n) is 2.98. The van der Waals surface area contributed by atoms with Gasteiger partial charge in [0, 0.05) is 5.56 Å². The minimum atomic E-state index is -5.06. The monoisotopic (exact) mass is 350 g/mol. The molecule has 0 spiro atoms. The Bertz CT molecular complexity index is 765. The van der Waals surface area contributed by atoms with Crippen LogP contribution in [0.4, 0.5) is 26.3 Å². The van der Waals surface area contributed by atoms with Crippen molar-refractivity contribution in [3.05, 3.63) is 53.6 Å². The lowest BCUT2D eigenvalue weighted by Gasteiger charge is -2.16. The molecule has 2 aromatic rings. The molecule has 0 aromatic heterocycles. The van der Waals surface area contributed by atoms with Gasteiger partial charge in [0.05, 0.1) is 11.1 Å². The van der Waals surface area contributed by atoms with Crippen molar-refractivity contribution in [2.24, 2.45) is 0 Å². The van der Waals surface area contributed by atoms with E-state index in [0.29, 0.717) is 12.1 Å². The molecule has 0 fully saturated rings. The fraction of sp³-hybridized carbons (Fsp3) is 0.133. The van der Waals surface area contributed by atoms with Crippen LogP contribution in [-0.4, -0.2) is 17.4 Å². The highest BCUT2D eigenvalue weighted by atomic mass is 19.4. The van der Waals surface area contributed by atoms with Crippen molar-refractivity contribution in [2.75, 3.05) is 0 Å². The molecular formula is C15H8F6O3. The van der Waals surface area contributed by atoms with Gasteiger partial charge in [-0.25, -0.2) is 4.79 Å². The van der Waals surface area contributed by atoms with Crippen molar-refractivity contribution in [2.45, 2.75) is 12.5 Å². The number of alkyl halides is 6. The van der Waals surface area contributed by atoms with Crippen LogP contribution < -0.4 is 4.74 Å². The molecule has 0 amide bonds. The first-order valence-electron chi connectivity index (χ1n) is 6.29. The van der Waals surface area contributed by atoms with Gasteiger partial charge in [-0.1, -0.05) is 18.2 Å². The Morgan fingerprint density at radius 1 is 0.917 bits per heavy atom. The van der Waals surface area contributed by atoms with Gasteiger partial charge in [0.25, 0.3) is 0 Å².